The average molecular weight is 637 g/mol. The number of carbonyl (C=O) groups is 3. The van der Waals surface area contributed by atoms with E-state index in [1.807, 2.05) is 6.92 Å². The number of halogens is 3. The minimum atomic E-state index is -0.802. The molecule has 0 radical (unpaired) electrons. The number of methoxy groups -OCH3 is 1. The number of carbonyl (C=O) groups excluding carboxylic acids is 3. The monoisotopic (exact) mass is 636 g/mol. The summed E-state index contributed by atoms with van der Waals surface area (Å²) < 4.78 is 12.2. The summed E-state index contributed by atoms with van der Waals surface area (Å²) in [6.07, 6.45) is 1.42. The Kier molecular flexibility index (Phi) is 7.87. The Balaban J connectivity index is 1.63. The summed E-state index contributed by atoms with van der Waals surface area (Å²) in [6, 6.07) is 14.6. The zero-order valence-corrected chi connectivity index (χ0v) is 22.8. The molecule has 4 amide bonds. The van der Waals surface area contributed by atoms with Crippen molar-refractivity contribution in [3.63, 3.8) is 0 Å². The van der Waals surface area contributed by atoms with Gasteiger partial charge in [0.2, 0.25) is 0 Å². The Morgan fingerprint density at radius 3 is 2.39 bits per heavy atom. The quantitative estimate of drug-likeness (QED) is 0.199. The van der Waals surface area contributed by atoms with Gasteiger partial charge in [-0.25, -0.2) is 9.69 Å². The van der Waals surface area contributed by atoms with Gasteiger partial charge in [-0.15, -0.1) is 0 Å². The molecule has 10 heteroatoms. The molecule has 0 aromatic heterocycles. The number of hydrogen-bond acceptors (Lipinski definition) is 5. The lowest BCUT2D eigenvalue weighted by atomic mass is 10.1. The Bertz CT molecular complexity index is 1410. The number of urea groups is 1. The minimum Gasteiger partial charge on any atom is -0.493 e. The molecule has 1 aliphatic heterocycles. The van der Waals surface area contributed by atoms with Gasteiger partial charge in [-0.05, 0) is 83.1 Å². The largest absolute Gasteiger partial charge is 0.493 e. The molecule has 0 saturated carbocycles. The summed E-state index contributed by atoms with van der Waals surface area (Å²) in [5.74, 6) is -0.602. The van der Waals surface area contributed by atoms with Crippen LogP contribution in [0.2, 0.25) is 10.0 Å². The second kappa shape index (κ2) is 10.9. The van der Waals surface area contributed by atoms with Gasteiger partial charge in [0.15, 0.2) is 11.5 Å². The molecule has 3 aromatic carbocycles. The zero-order valence-electron chi connectivity index (χ0n) is 19.1. The van der Waals surface area contributed by atoms with Crippen LogP contribution in [-0.4, -0.2) is 25.0 Å². The summed E-state index contributed by atoms with van der Waals surface area (Å²) >= 11 is 14.1. The summed E-state index contributed by atoms with van der Waals surface area (Å²) in [5.41, 5.74) is 2.49. The molecule has 1 fully saturated rings. The van der Waals surface area contributed by atoms with E-state index in [1.54, 1.807) is 54.6 Å². The highest BCUT2D eigenvalue weighted by Crippen LogP contribution is 2.36. The van der Waals surface area contributed by atoms with E-state index in [0.717, 1.165) is 16.0 Å². The smallest absolute Gasteiger partial charge is 0.335 e. The van der Waals surface area contributed by atoms with E-state index in [1.165, 1.54) is 13.2 Å². The fraction of sp³-hybridized carbons (Fsp3) is 0.115. The minimum absolute atomic E-state index is 0.183. The van der Waals surface area contributed by atoms with Crippen LogP contribution in [0.15, 0.2) is 60.2 Å². The average Bonchev–Trinajstić information content (AvgIpc) is 2.84. The van der Waals surface area contributed by atoms with Crippen LogP contribution in [0.3, 0.4) is 0 Å². The molecule has 0 unspecified atom stereocenters. The highest BCUT2D eigenvalue weighted by atomic mass is 127. The molecule has 4 rings (SSSR count). The van der Waals surface area contributed by atoms with Gasteiger partial charge in [0.05, 0.1) is 26.4 Å². The molecule has 3 aromatic rings. The first-order valence-electron chi connectivity index (χ1n) is 10.6. The lowest BCUT2D eigenvalue weighted by Gasteiger charge is -2.26. The number of anilines is 1. The third kappa shape index (κ3) is 5.50. The third-order valence-electron chi connectivity index (χ3n) is 5.32. The van der Waals surface area contributed by atoms with Crippen molar-refractivity contribution in [2.75, 3.05) is 12.0 Å². The van der Waals surface area contributed by atoms with Crippen LogP contribution < -0.4 is 19.7 Å². The van der Waals surface area contributed by atoms with Gasteiger partial charge in [-0.1, -0.05) is 47.0 Å². The van der Waals surface area contributed by atoms with Crippen molar-refractivity contribution in [1.29, 1.82) is 0 Å². The number of barbiturate groups is 1. The van der Waals surface area contributed by atoms with Crippen molar-refractivity contribution in [3.8, 4) is 11.5 Å². The topological polar surface area (TPSA) is 84.9 Å². The van der Waals surface area contributed by atoms with Gasteiger partial charge >= 0.3 is 6.03 Å². The number of nitrogens with zero attached hydrogens (tertiary/aromatic N) is 1. The fourth-order valence-corrected chi connectivity index (χ4v) is 4.60. The number of imide groups is 2. The Labute approximate surface area is 231 Å². The normalized spacial score (nSPS) is 14.8. The second-order valence-corrected chi connectivity index (χ2v) is 9.84. The molecule has 0 bridgehead atoms. The molecule has 7 nitrogen and oxygen atoms in total. The maximum Gasteiger partial charge on any atom is 0.335 e. The summed E-state index contributed by atoms with van der Waals surface area (Å²) in [6.45, 7) is 2.11. The van der Waals surface area contributed by atoms with Crippen molar-refractivity contribution in [2.24, 2.45) is 0 Å². The van der Waals surface area contributed by atoms with Gasteiger partial charge in [-0.2, -0.15) is 0 Å². The molecule has 1 heterocycles. The van der Waals surface area contributed by atoms with Gasteiger partial charge < -0.3 is 9.47 Å². The maximum absolute atomic E-state index is 13.2. The molecule has 1 saturated heterocycles. The number of aryl methyl sites for hydroxylation is 1. The maximum atomic E-state index is 13.2. The van der Waals surface area contributed by atoms with E-state index in [4.69, 9.17) is 32.7 Å². The summed E-state index contributed by atoms with van der Waals surface area (Å²) in [5, 5.41) is 3.10. The van der Waals surface area contributed by atoms with Crippen LogP contribution >= 0.6 is 45.8 Å². The predicted molar refractivity (Wildman–Crippen MR) is 147 cm³/mol. The third-order valence-corrected chi connectivity index (χ3v) is 6.86. The number of hydrogen-bond donors (Lipinski definition) is 1. The van der Waals surface area contributed by atoms with Crippen LogP contribution in [0, 0.1) is 10.5 Å². The molecule has 36 heavy (non-hydrogen) atoms. The molecule has 1 aliphatic rings. The molecular formula is C26H19Cl2IN2O5. The summed E-state index contributed by atoms with van der Waals surface area (Å²) in [4.78, 5) is 39.0. The number of benzene rings is 3. The van der Waals surface area contributed by atoms with Crippen molar-refractivity contribution in [3.05, 3.63) is 90.5 Å². The number of nitrogens with one attached hydrogen (secondary N) is 1. The Morgan fingerprint density at radius 1 is 1.00 bits per heavy atom. The van der Waals surface area contributed by atoms with Crippen LogP contribution in [0.4, 0.5) is 10.5 Å². The highest BCUT2D eigenvalue weighted by Gasteiger charge is 2.36. The first-order valence-corrected chi connectivity index (χ1v) is 12.4. The number of rotatable bonds is 6. The van der Waals surface area contributed by atoms with E-state index >= 15 is 0 Å². The lowest BCUT2D eigenvalue weighted by Crippen LogP contribution is -2.54. The standard InChI is InChI=1S/C26H19Cl2IN2O5/c1-14-3-6-17(7-4-14)31-25(33)18(24(32)30-26(31)34)9-16-11-21(29)23(22(12-16)35-2)36-13-15-5-8-19(27)20(28)10-15/h3-12H,13H2,1-2H3,(H,30,32,34)/b18-9+. The molecule has 0 aliphatic carbocycles. The Morgan fingerprint density at radius 2 is 1.72 bits per heavy atom. The second-order valence-electron chi connectivity index (χ2n) is 7.86. The van der Waals surface area contributed by atoms with E-state index in [0.29, 0.717) is 36.4 Å². The molecule has 184 valence electrons. The zero-order chi connectivity index (χ0) is 26.0. The SMILES string of the molecule is COc1cc(/C=C2\C(=O)NC(=O)N(c3ccc(C)cc3)C2=O)cc(I)c1OCc1ccc(Cl)c(Cl)c1. The predicted octanol–water partition coefficient (Wildman–Crippen LogP) is 6.16. The van der Waals surface area contributed by atoms with Crippen molar-refractivity contribution in [2.45, 2.75) is 13.5 Å². The molecule has 1 N–H and O–H groups in total. The van der Waals surface area contributed by atoms with Crippen LogP contribution in [0.1, 0.15) is 16.7 Å². The van der Waals surface area contributed by atoms with E-state index < -0.39 is 17.8 Å². The van der Waals surface area contributed by atoms with Crippen molar-refractivity contribution < 1.29 is 23.9 Å². The number of amides is 4. The molecule has 0 atom stereocenters. The van der Waals surface area contributed by atoms with Crippen LogP contribution in [-0.2, 0) is 16.2 Å². The van der Waals surface area contributed by atoms with Gasteiger partial charge in [0.1, 0.15) is 12.2 Å². The van der Waals surface area contributed by atoms with Crippen LogP contribution in [0.5, 0.6) is 11.5 Å². The molecular weight excluding hydrogens is 618 g/mol. The van der Waals surface area contributed by atoms with Crippen LogP contribution in [0.25, 0.3) is 6.08 Å². The first kappa shape index (κ1) is 26.0. The van der Waals surface area contributed by atoms with E-state index in [9.17, 15) is 14.4 Å². The molecule has 0 spiro atoms. The highest BCUT2D eigenvalue weighted by molar-refractivity contribution is 14.1. The van der Waals surface area contributed by atoms with Crippen molar-refractivity contribution in [1.82, 2.24) is 5.32 Å². The van der Waals surface area contributed by atoms with Gasteiger partial charge in [0.25, 0.3) is 11.8 Å². The number of ether oxygens (including phenoxy) is 2. The van der Waals surface area contributed by atoms with Crippen molar-refractivity contribution >= 4 is 75.4 Å². The summed E-state index contributed by atoms with van der Waals surface area (Å²) in [7, 11) is 1.49. The lowest BCUT2D eigenvalue weighted by molar-refractivity contribution is -0.122. The van der Waals surface area contributed by atoms with Gasteiger partial charge in [-0.3, -0.25) is 14.9 Å². The first-order chi connectivity index (χ1) is 17.2. The van der Waals surface area contributed by atoms with Gasteiger partial charge in [0, 0.05) is 0 Å². The Hall–Kier alpha value is -3.08. The van der Waals surface area contributed by atoms with E-state index in [-0.39, 0.29) is 12.2 Å². The van der Waals surface area contributed by atoms with E-state index in [2.05, 4.69) is 27.9 Å². The fourth-order valence-electron chi connectivity index (χ4n) is 3.50.